The summed E-state index contributed by atoms with van der Waals surface area (Å²) in [6.07, 6.45) is 11.4. The SMILES string of the molecule is C=CC(=O)OC(CCCCC)CCCC(CCCCCCCC(=O)OCC(COC(=O)C(=C)C)OC(=O)NCCC[Si](OC)(OC)OC)OC(=O)C=C. The van der Waals surface area contributed by atoms with Gasteiger partial charge in [-0.05, 0) is 64.7 Å². The first kappa shape index (κ1) is 49.5. The second kappa shape index (κ2) is 30.9. The molecule has 0 bridgehead atoms. The number of amides is 1. The van der Waals surface area contributed by atoms with Crippen molar-refractivity contribution in [1.29, 1.82) is 0 Å². The van der Waals surface area contributed by atoms with Gasteiger partial charge in [0.2, 0.25) is 0 Å². The summed E-state index contributed by atoms with van der Waals surface area (Å²) in [7, 11) is 1.74. The lowest BCUT2D eigenvalue weighted by molar-refractivity contribution is -0.151. The number of hydrogen-bond donors (Lipinski definition) is 1. The third-order valence-electron chi connectivity index (χ3n) is 8.30. The van der Waals surface area contributed by atoms with Gasteiger partial charge in [-0.2, -0.15) is 0 Å². The van der Waals surface area contributed by atoms with Crippen LogP contribution in [-0.4, -0.2) is 98.2 Å². The van der Waals surface area contributed by atoms with E-state index in [0.717, 1.165) is 63.9 Å². The zero-order chi connectivity index (χ0) is 39.9. The van der Waals surface area contributed by atoms with Crippen molar-refractivity contribution in [3.8, 4) is 0 Å². The van der Waals surface area contributed by atoms with Crippen LogP contribution in [0.3, 0.4) is 0 Å². The Hall–Kier alpha value is -3.53. The molecule has 0 aliphatic heterocycles. The van der Waals surface area contributed by atoms with E-state index in [0.29, 0.717) is 38.1 Å². The Labute approximate surface area is 317 Å². The number of rotatable bonds is 33. The second-order valence-electron chi connectivity index (χ2n) is 12.7. The second-order valence-corrected chi connectivity index (χ2v) is 15.8. The highest BCUT2D eigenvalue weighted by Gasteiger charge is 2.37. The molecule has 0 rings (SSSR count). The number of ether oxygens (including phenoxy) is 5. The van der Waals surface area contributed by atoms with Crippen LogP contribution >= 0.6 is 0 Å². The third kappa shape index (κ3) is 25.2. The minimum atomic E-state index is -2.78. The van der Waals surface area contributed by atoms with E-state index in [1.54, 1.807) is 0 Å². The van der Waals surface area contributed by atoms with Crippen molar-refractivity contribution >= 4 is 38.8 Å². The molecule has 3 atom stereocenters. The van der Waals surface area contributed by atoms with Crippen molar-refractivity contribution in [2.24, 2.45) is 0 Å². The highest BCUT2D eigenvalue weighted by molar-refractivity contribution is 6.60. The predicted molar refractivity (Wildman–Crippen MR) is 202 cm³/mol. The molecule has 0 aliphatic carbocycles. The molecule has 0 aromatic carbocycles. The van der Waals surface area contributed by atoms with Crippen molar-refractivity contribution in [2.45, 2.75) is 135 Å². The van der Waals surface area contributed by atoms with E-state index >= 15 is 0 Å². The van der Waals surface area contributed by atoms with Gasteiger partial charge < -0.3 is 42.3 Å². The lowest BCUT2D eigenvalue weighted by Gasteiger charge is -2.24. The van der Waals surface area contributed by atoms with Gasteiger partial charge in [-0.1, -0.05) is 58.8 Å². The van der Waals surface area contributed by atoms with E-state index in [1.165, 1.54) is 34.3 Å². The Morgan fingerprint density at radius 2 is 1.17 bits per heavy atom. The summed E-state index contributed by atoms with van der Waals surface area (Å²) in [5.74, 6) is -2.01. The summed E-state index contributed by atoms with van der Waals surface area (Å²) in [6.45, 7) is 13.8. The van der Waals surface area contributed by atoms with E-state index in [9.17, 15) is 24.0 Å². The van der Waals surface area contributed by atoms with E-state index in [-0.39, 0.29) is 44.0 Å². The summed E-state index contributed by atoms with van der Waals surface area (Å²) in [5, 5.41) is 2.61. The highest BCUT2D eigenvalue weighted by atomic mass is 28.4. The first-order valence-corrected chi connectivity index (χ1v) is 20.6. The normalized spacial score (nSPS) is 12.8. The first-order chi connectivity index (χ1) is 25.4. The molecule has 0 heterocycles. The number of carbonyl (C=O) groups is 5. The van der Waals surface area contributed by atoms with Gasteiger partial charge in [0.05, 0.1) is 0 Å². The van der Waals surface area contributed by atoms with E-state index in [2.05, 4.69) is 32.0 Å². The predicted octanol–water partition coefficient (Wildman–Crippen LogP) is 6.69. The zero-order valence-electron chi connectivity index (χ0n) is 32.8. The molecule has 53 heavy (non-hydrogen) atoms. The van der Waals surface area contributed by atoms with Crippen LogP contribution in [0.2, 0.25) is 6.04 Å². The van der Waals surface area contributed by atoms with E-state index < -0.39 is 44.9 Å². The van der Waals surface area contributed by atoms with Crippen LogP contribution in [0.5, 0.6) is 0 Å². The number of carbonyl (C=O) groups excluding carboxylic acids is 5. The van der Waals surface area contributed by atoms with Crippen LogP contribution in [0.4, 0.5) is 4.79 Å². The van der Waals surface area contributed by atoms with Gasteiger partial charge >= 0.3 is 38.8 Å². The van der Waals surface area contributed by atoms with Crippen molar-refractivity contribution < 1.29 is 60.9 Å². The molecule has 304 valence electrons. The molecule has 0 aromatic heterocycles. The minimum Gasteiger partial charge on any atom is -0.462 e. The average Bonchev–Trinajstić information content (AvgIpc) is 3.15. The number of esters is 4. The fraction of sp³-hybridized carbons (Fsp3) is 0.711. The van der Waals surface area contributed by atoms with Crippen LogP contribution in [0.1, 0.15) is 110 Å². The molecule has 0 radical (unpaired) electrons. The first-order valence-electron chi connectivity index (χ1n) is 18.6. The van der Waals surface area contributed by atoms with Gasteiger partial charge in [-0.3, -0.25) is 4.79 Å². The van der Waals surface area contributed by atoms with Crippen LogP contribution in [0.15, 0.2) is 37.5 Å². The lowest BCUT2D eigenvalue weighted by Crippen LogP contribution is -2.43. The quantitative estimate of drug-likeness (QED) is 0.0246. The highest BCUT2D eigenvalue weighted by Crippen LogP contribution is 2.20. The molecule has 1 amide bonds. The Bertz CT molecular complexity index is 1100. The fourth-order valence-electron chi connectivity index (χ4n) is 5.23. The number of alkyl carbamates (subject to hydrolysis) is 1. The van der Waals surface area contributed by atoms with E-state index in [1.807, 2.05) is 0 Å². The average molecular weight is 772 g/mol. The summed E-state index contributed by atoms with van der Waals surface area (Å²) < 4.78 is 43.0. The number of unbranched alkanes of at least 4 members (excludes halogenated alkanes) is 6. The molecular formula is C38H65NO13Si. The Morgan fingerprint density at radius 1 is 0.660 bits per heavy atom. The molecule has 0 saturated heterocycles. The molecule has 0 saturated carbocycles. The van der Waals surface area contributed by atoms with E-state index in [4.69, 9.17) is 37.0 Å². The smallest absolute Gasteiger partial charge is 0.462 e. The minimum absolute atomic E-state index is 0.171. The molecule has 3 unspecified atom stereocenters. The summed E-state index contributed by atoms with van der Waals surface area (Å²) in [4.78, 5) is 60.5. The number of nitrogens with one attached hydrogen (secondary N) is 1. The van der Waals surface area contributed by atoms with Crippen molar-refractivity contribution in [1.82, 2.24) is 5.32 Å². The fourth-order valence-corrected chi connectivity index (χ4v) is 6.95. The maximum atomic E-state index is 12.5. The molecule has 1 N–H and O–H groups in total. The van der Waals surface area contributed by atoms with Gasteiger partial charge in [0.25, 0.3) is 0 Å². The summed E-state index contributed by atoms with van der Waals surface area (Å²) in [6, 6.07) is 0.470. The zero-order valence-corrected chi connectivity index (χ0v) is 33.8. The Kier molecular flexibility index (Phi) is 28.8. The largest absolute Gasteiger partial charge is 0.500 e. The van der Waals surface area contributed by atoms with Crippen molar-refractivity contribution in [3.05, 3.63) is 37.5 Å². The lowest BCUT2D eigenvalue weighted by atomic mass is 10.00. The maximum Gasteiger partial charge on any atom is 0.500 e. The molecule has 15 heteroatoms. The van der Waals surface area contributed by atoms with Crippen LogP contribution < -0.4 is 5.32 Å². The number of hydrogen-bond acceptors (Lipinski definition) is 13. The molecule has 0 aromatic rings. The van der Waals surface area contributed by atoms with Gasteiger partial charge in [0, 0.05) is 58.1 Å². The van der Waals surface area contributed by atoms with Crippen LogP contribution in [0.25, 0.3) is 0 Å². The third-order valence-corrected chi connectivity index (χ3v) is 11.1. The molecule has 14 nitrogen and oxygen atoms in total. The van der Waals surface area contributed by atoms with Gasteiger partial charge in [-0.25, -0.2) is 19.2 Å². The topological polar surface area (TPSA) is 171 Å². The molecule has 0 aliphatic rings. The summed E-state index contributed by atoms with van der Waals surface area (Å²) in [5.41, 5.74) is 0.177. The molecule has 0 fully saturated rings. The van der Waals surface area contributed by atoms with Crippen LogP contribution in [0, 0.1) is 0 Å². The van der Waals surface area contributed by atoms with Gasteiger partial charge in [0.15, 0.2) is 6.10 Å². The monoisotopic (exact) mass is 771 g/mol. The maximum absolute atomic E-state index is 12.5. The molecule has 0 spiro atoms. The van der Waals surface area contributed by atoms with Gasteiger partial charge in [-0.15, -0.1) is 0 Å². The Balaban J connectivity index is 4.68. The van der Waals surface area contributed by atoms with Crippen LogP contribution in [-0.2, 0) is 56.1 Å². The summed E-state index contributed by atoms with van der Waals surface area (Å²) >= 11 is 0. The standard InChI is InChI=1S/C38H65NO13Si/c1-9-12-16-21-31(50-34(40)10-2)23-19-24-32(51-35(41)11-3)22-17-14-13-15-18-25-36(42)48-28-33(29-49-37(43)30(4)5)52-38(44)39-26-20-27-53(45-6,46-7)47-8/h10-11,31-33H,2-4,9,12-29H2,1,5-8H3,(H,39,44). The van der Waals surface area contributed by atoms with Crippen molar-refractivity contribution in [2.75, 3.05) is 41.1 Å². The van der Waals surface area contributed by atoms with Gasteiger partial charge in [0.1, 0.15) is 25.4 Å². The Morgan fingerprint density at radius 3 is 1.70 bits per heavy atom. The molecular weight excluding hydrogens is 706 g/mol. The van der Waals surface area contributed by atoms with Crippen molar-refractivity contribution in [3.63, 3.8) is 0 Å².